The fourth-order valence-corrected chi connectivity index (χ4v) is 2.09. The number of piperidine rings is 1. The van der Waals surface area contributed by atoms with E-state index in [1.54, 1.807) is 6.07 Å². The molecule has 16 heavy (non-hydrogen) atoms. The first kappa shape index (κ1) is 11.2. The van der Waals surface area contributed by atoms with Crippen molar-refractivity contribution in [2.75, 3.05) is 13.7 Å². The molecule has 1 unspecified atom stereocenters. The Balaban J connectivity index is 2.29. The normalized spacial score (nSPS) is 20.8. The van der Waals surface area contributed by atoms with E-state index in [-0.39, 0.29) is 11.8 Å². The van der Waals surface area contributed by atoms with Crippen LogP contribution in [0.3, 0.4) is 0 Å². The Morgan fingerprint density at radius 1 is 1.44 bits per heavy atom. The third kappa shape index (κ3) is 2.11. The summed E-state index contributed by atoms with van der Waals surface area (Å²) in [5, 5.41) is 12.7. The third-order valence-electron chi connectivity index (χ3n) is 2.98. The van der Waals surface area contributed by atoms with Gasteiger partial charge in [-0.2, -0.15) is 0 Å². The molecule has 4 heteroatoms. The first-order valence-electron chi connectivity index (χ1n) is 5.52. The van der Waals surface area contributed by atoms with Gasteiger partial charge in [0.25, 0.3) is 0 Å². The highest BCUT2D eigenvalue weighted by Gasteiger charge is 2.18. The molecule has 3 nitrogen and oxygen atoms in total. The fourth-order valence-electron chi connectivity index (χ4n) is 2.09. The molecule has 0 bridgehead atoms. The molecule has 0 amide bonds. The molecule has 0 spiro atoms. The molecule has 1 aliphatic rings. The predicted octanol–water partition coefficient (Wildman–Crippen LogP) is 2.35. The Labute approximate surface area is 94.2 Å². The highest BCUT2D eigenvalue weighted by Crippen LogP contribution is 2.34. The van der Waals surface area contributed by atoms with Gasteiger partial charge >= 0.3 is 0 Å². The fraction of sp³-hybridized carbons (Fsp3) is 0.500. The number of rotatable bonds is 2. The summed E-state index contributed by atoms with van der Waals surface area (Å²) in [7, 11) is 1.42. The zero-order valence-electron chi connectivity index (χ0n) is 9.29. The summed E-state index contributed by atoms with van der Waals surface area (Å²) in [6, 6.07) is 3.24. The lowest BCUT2D eigenvalue weighted by molar-refractivity contribution is 0.352. The van der Waals surface area contributed by atoms with E-state index < -0.39 is 11.6 Å². The Kier molecular flexibility index (Phi) is 3.29. The van der Waals surface area contributed by atoms with Crippen molar-refractivity contribution in [3.63, 3.8) is 0 Å². The van der Waals surface area contributed by atoms with Crippen LogP contribution in [0.25, 0.3) is 0 Å². The highest BCUT2D eigenvalue weighted by atomic mass is 19.1. The van der Waals surface area contributed by atoms with Crippen molar-refractivity contribution >= 4 is 0 Å². The van der Waals surface area contributed by atoms with E-state index in [4.69, 9.17) is 4.74 Å². The molecular weight excluding hydrogens is 209 g/mol. The maximum absolute atomic E-state index is 13.4. The largest absolute Gasteiger partial charge is 0.502 e. The summed E-state index contributed by atoms with van der Waals surface area (Å²) in [6.45, 7) is 0.954. The van der Waals surface area contributed by atoms with E-state index in [0.717, 1.165) is 31.4 Å². The van der Waals surface area contributed by atoms with Crippen molar-refractivity contribution in [3.05, 3.63) is 23.5 Å². The minimum Gasteiger partial charge on any atom is -0.502 e. The second-order valence-corrected chi connectivity index (χ2v) is 4.06. The number of benzene rings is 1. The van der Waals surface area contributed by atoms with Crippen molar-refractivity contribution in [3.8, 4) is 11.5 Å². The van der Waals surface area contributed by atoms with Crippen LogP contribution in [-0.4, -0.2) is 18.8 Å². The molecule has 1 fully saturated rings. The van der Waals surface area contributed by atoms with Crippen LogP contribution in [0, 0.1) is 5.82 Å². The van der Waals surface area contributed by atoms with Crippen LogP contribution < -0.4 is 10.1 Å². The monoisotopic (exact) mass is 225 g/mol. The molecule has 1 heterocycles. The van der Waals surface area contributed by atoms with Crippen molar-refractivity contribution < 1.29 is 14.2 Å². The first-order valence-corrected chi connectivity index (χ1v) is 5.52. The lowest BCUT2D eigenvalue weighted by atomic mass is 9.97. The lowest BCUT2D eigenvalue weighted by Gasteiger charge is -2.24. The summed E-state index contributed by atoms with van der Waals surface area (Å²) in [6.07, 6.45) is 3.30. The van der Waals surface area contributed by atoms with Crippen molar-refractivity contribution in [1.82, 2.24) is 5.32 Å². The molecule has 1 saturated heterocycles. The average Bonchev–Trinajstić information content (AvgIpc) is 2.33. The van der Waals surface area contributed by atoms with E-state index in [9.17, 15) is 9.50 Å². The Bertz CT molecular complexity index is 376. The number of halogens is 1. The number of ether oxygens (including phenoxy) is 1. The van der Waals surface area contributed by atoms with Crippen LogP contribution in [0.2, 0.25) is 0 Å². The van der Waals surface area contributed by atoms with Gasteiger partial charge < -0.3 is 15.2 Å². The van der Waals surface area contributed by atoms with Crippen LogP contribution >= 0.6 is 0 Å². The van der Waals surface area contributed by atoms with Gasteiger partial charge in [-0.05, 0) is 37.1 Å². The number of phenolic OH excluding ortho intramolecular Hbond substituents is 1. The van der Waals surface area contributed by atoms with E-state index in [0.29, 0.717) is 0 Å². The SMILES string of the molecule is COc1cc(C2CCCCN2)cc(F)c1O. The molecular formula is C12H16FNO2. The van der Waals surface area contributed by atoms with Gasteiger partial charge in [0.15, 0.2) is 17.3 Å². The van der Waals surface area contributed by atoms with Crippen molar-refractivity contribution in [1.29, 1.82) is 0 Å². The van der Waals surface area contributed by atoms with E-state index >= 15 is 0 Å². The molecule has 1 aromatic rings. The predicted molar refractivity (Wildman–Crippen MR) is 59.2 cm³/mol. The van der Waals surface area contributed by atoms with Crippen molar-refractivity contribution in [2.45, 2.75) is 25.3 Å². The highest BCUT2D eigenvalue weighted by molar-refractivity contribution is 5.44. The number of methoxy groups -OCH3 is 1. The van der Waals surface area contributed by atoms with E-state index in [1.165, 1.54) is 13.2 Å². The van der Waals surface area contributed by atoms with Crippen LogP contribution in [0.5, 0.6) is 11.5 Å². The second-order valence-electron chi connectivity index (χ2n) is 4.06. The molecule has 1 aliphatic heterocycles. The smallest absolute Gasteiger partial charge is 0.194 e. The molecule has 2 N–H and O–H groups in total. The second kappa shape index (κ2) is 4.70. The van der Waals surface area contributed by atoms with Crippen molar-refractivity contribution in [2.24, 2.45) is 0 Å². The molecule has 88 valence electrons. The van der Waals surface area contributed by atoms with Gasteiger partial charge in [0.1, 0.15) is 0 Å². The Hall–Kier alpha value is -1.29. The maximum atomic E-state index is 13.4. The molecule has 2 rings (SSSR count). The van der Waals surface area contributed by atoms with Gasteiger partial charge in [0.2, 0.25) is 0 Å². The van der Waals surface area contributed by atoms with Crippen LogP contribution in [0.4, 0.5) is 4.39 Å². The number of hydrogen-bond donors (Lipinski definition) is 2. The van der Waals surface area contributed by atoms with Gasteiger partial charge in [0, 0.05) is 6.04 Å². The van der Waals surface area contributed by atoms with Gasteiger partial charge in [-0.3, -0.25) is 0 Å². The maximum Gasteiger partial charge on any atom is 0.194 e. The van der Waals surface area contributed by atoms with E-state index in [1.807, 2.05) is 0 Å². The summed E-state index contributed by atoms with van der Waals surface area (Å²) in [5.74, 6) is -0.842. The van der Waals surface area contributed by atoms with Gasteiger partial charge in [-0.25, -0.2) is 4.39 Å². The van der Waals surface area contributed by atoms with Crippen LogP contribution in [-0.2, 0) is 0 Å². The topological polar surface area (TPSA) is 41.5 Å². The van der Waals surface area contributed by atoms with Gasteiger partial charge in [-0.1, -0.05) is 6.42 Å². The lowest BCUT2D eigenvalue weighted by Crippen LogP contribution is -2.26. The molecule has 0 saturated carbocycles. The summed E-state index contributed by atoms with van der Waals surface area (Å²) in [5.41, 5.74) is 0.840. The average molecular weight is 225 g/mol. The van der Waals surface area contributed by atoms with E-state index in [2.05, 4.69) is 5.32 Å². The third-order valence-corrected chi connectivity index (χ3v) is 2.98. The molecule has 1 aromatic carbocycles. The van der Waals surface area contributed by atoms with Crippen LogP contribution in [0.15, 0.2) is 12.1 Å². The molecule has 0 aromatic heterocycles. The Morgan fingerprint density at radius 2 is 2.25 bits per heavy atom. The minimum atomic E-state index is -0.623. The quantitative estimate of drug-likeness (QED) is 0.811. The summed E-state index contributed by atoms with van der Waals surface area (Å²) in [4.78, 5) is 0. The standard InChI is InChI=1S/C12H16FNO2/c1-16-11-7-8(6-9(13)12(11)15)10-4-2-3-5-14-10/h6-7,10,14-15H,2-5H2,1H3. The molecule has 0 radical (unpaired) electrons. The number of hydrogen-bond acceptors (Lipinski definition) is 3. The summed E-state index contributed by atoms with van der Waals surface area (Å²) < 4.78 is 18.4. The zero-order valence-corrected chi connectivity index (χ0v) is 9.29. The molecule has 1 atom stereocenters. The van der Waals surface area contributed by atoms with Crippen LogP contribution in [0.1, 0.15) is 30.9 Å². The Morgan fingerprint density at radius 3 is 2.88 bits per heavy atom. The molecule has 0 aliphatic carbocycles. The summed E-state index contributed by atoms with van der Waals surface area (Å²) >= 11 is 0. The van der Waals surface area contributed by atoms with Gasteiger partial charge in [-0.15, -0.1) is 0 Å². The number of aromatic hydroxyl groups is 1. The number of phenols is 1. The number of nitrogens with one attached hydrogen (secondary N) is 1. The zero-order chi connectivity index (χ0) is 11.5. The van der Waals surface area contributed by atoms with Gasteiger partial charge in [0.05, 0.1) is 7.11 Å². The first-order chi connectivity index (χ1) is 7.72. The minimum absolute atomic E-state index is 0.165.